The van der Waals surface area contributed by atoms with Crippen LogP contribution in [-0.2, 0) is 16.1 Å². The fourth-order valence-electron chi connectivity index (χ4n) is 7.21. The predicted octanol–water partition coefficient (Wildman–Crippen LogP) is 5.98. The molecule has 5 rings (SSSR count). The van der Waals surface area contributed by atoms with E-state index in [1.54, 1.807) is 12.1 Å². The van der Waals surface area contributed by atoms with Crippen LogP contribution in [0.1, 0.15) is 89.8 Å². The molecule has 0 spiro atoms. The first-order valence-electron chi connectivity index (χ1n) is 16.1. The number of nitrogens with zero attached hydrogens (tertiary/aromatic N) is 2. The molecule has 2 heterocycles. The van der Waals surface area contributed by atoms with Gasteiger partial charge in [0, 0.05) is 43.6 Å². The zero-order chi connectivity index (χ0) is 31.5. The summed E-state index contributed by atoms with van der Waals surface area (Å²) in [4.78, 5) is 29.1. The van der Waals surface area contributed by atoms with Gasteiger partial charge in [-0.1, -0.05) is 31.2 Å². The number of hydrogen-bond donors (Lipinski definition) is 2. The first-order chi connectivity index (χ1) is 20.9. The standard InChI is InChI=1S/C35H48FN3O5/c1-34(2,3)44-33(42)39-29(25-13-15-26(36)16-14-25)22-35(4)30(39)9-5-8-28(32(35)41)37-23-24-11-17-27(18-12-24)43-21-7-20-38-19-6-10-31(38)40/h11-18,28-30,32,37,41H,5-10,19-23H2,1-4H3/t28-,29+,30+,32+,35+/m0/s1. The molecule has 3 aliphatic rings. The zero-order valence-corrected chi connectivity index (χ0v) is 26.6. The molecule has 3 fully saturated rings. The van der Waals surface area contributed by atoms with E-state index in [9.17, 15) is 19.1 Å². The Morgan fingerprint density at radius 2 is 1.82 bits per heavy atom. The normalized spacial score (nSPS) is 27.3. The number of nitrogens with one attached hydrogen (secondary N) is 1. The summed E-state index contributed by atoms with van der Waals surface area (Å²) in [5.41, 5.74) is 0.687. The first kappa shape index (κ1) is 32.2. The quantitative estimate of drug-likeness (QED) is 0.340. The van der Waals surface area contributed by atoms with Gasteiger partial charge in [-0.25, -0.2) is 9.18 Å². The number of fused-ring (bicyclic) bond motifs is 1. The van der Waals surface area contributed by atoms with Crippen molar-refractivity contribution in [3.05, 3.63) is 65.5 Å². The van der Waals surface area contributed by atoms with E-state index >= 15 is 0 Å². The number of aliphatic hydroxyl groups is 1. The Hall–Kier alpha value is -3.17. The Kier molecular flexibility index (Phi) is 9.85. The molecule has 2 N–H and O–H groups in total. The molecule has 2 amide bonds. The minimum Gasteiger partial charge on any atom is -0.494 e. The molecule has 0 bridgehead atoms. The van der Waals surface area contributed by atoms with Crippen molar-refractivity contribution in [2.24, 2.45) is 5.41 Å². The highest BCUT2D eigenvalue weighted by Crippen LogP contribution is 2.54. The number of halogens is 1. The van der Waals surface area contributed by atoms with Crippen LogP contribution in [0, 0.1) is 11.2 Å². The summed E-state index contributed by atoms with van der Waals surface area (Å²) in [6.45, 7) is 10.4. The summed E-state index contributed by atoms with van der Waals surface area (Å²) in [6, 6.07) is 13.6. The number of hydrogen-bond acceptors (Lipinski definition) is 6. The summed E-state index contributed by atoms with van der Waals surface area (Å²) in [7, 11) is 0. The molecule has 8 nitrogen and oxygen atoms in total. The van der Waals surface area contributed by atoms with E-state index in [0.29, 0.717) is 26.0 Å². The molecule has 1 saturated carbocycles. The van der Waals surface area contributed by atoms with Gasteiger partial charge in [0.15, 0.2) is 0 Å². The van der Waals surface area contributed by atoms with Crippen LogP contribution in [0.25, 0.3) is 0 Å². The van der Waals surface area contributed by atoms with Crippen molar-refractivity contribution in [1.82, 2.24) is 15.1 Å². The van der Waals surface area contributed by atoms with E-state index in [4.69, 9.17) is 9.47 Å². The van der Waals surface area contributed by atoms with Crippen LogP contribution in [0.2, 0.25) is 0 Å². The van der Waals surface area contributed by atoms with Crippen molar-refractivity contribution in [3.63, 3.8) is 0 Å². The molecular weight excluding hydrogens is 561 g/mol. The topological polar surface area (TPSA) is 91.3 Å². The second-order valence-corrected chi connectivity index (χ2v) is 13.9. The monoisotopic (exact) mass is 609 g/mol. The number of aliphatic hydroxyl groups excluding tert-OH is 1. The molecule has 0 radical (unpaired) electrons. The first-order valence-corrected chi connectivity index (χ1v) is 16.1. The summed E-state index contributed by atoms with van der Waals surface area (Å²) in [5, 5.41) is 15.5. The average molecular weight is 610 g/mol. The molecular formula is C35H48FN3O5. The van der Waals surface area contributed by atoms with Gasteiger partial charge < -0.3 is 24.8 Å². The zero-order valence-electron chi connectivity index (χ0n) is 26.6. The highest BCUT2D eigenvalue weighted by atomic mass is 19.1. The Balaban J connectivity index is 1.22. The van der Waals surface area contributed by atoms with E-state index in [2.05, 4.69) is 12.2 Å². The lowest BCUT2D eigenvalue weighted by molar-refractivity contribution is -0.127. The summed E-state index contributed by atoms with van der Waals surface area (Å²) in [5.74, 6) is 0.715. The van der Waals surface area contributed by atoms with E-state index in [1.807, 2.05) is 54.8 Å². The van der Waals surface area contributed by atoms with Crippen molar-refractivity contribution < 1.29 is 28.6 Å². The van der Waals surface area contributed by atoms with Gasteiger partial charge in [0.25, 0.3) is 0 Å². The predicted molar refractivity (Wildman–Crippen MR) is 167 cm³/mol. The van der Waals surface area contributed by atoms with Crippen LogP contribution in [0.3, 0.4) is 0 Å². The van der Waals surface area contributed by atoms with Crippen molar-refractivity contribution in [2.75, 3.05) is 19.7 Å². The molecule has 0 unspecified atom stereocenters. The van der Waals surface area contributed by atoms with Gasteiger partial charge in [0.1, 0.15) is 17.2 Å². The van der Waals surface area contributed by atoms with E-state index in [0.717, 1.165) is 62.1 Å². The summed E-state index contributed by atoms with van der Waals surface area (Å²) < 4.78 is 25.6. The molecule has 2 aromatic rings. The molecule has 2 aromatic carbocycles. The third-order valence-corrected chi connectivity index (χ3v) is 9.48. The molecule has 240 valence electrons. The molecule has 2 saturated heterocycles. The van der Waals surface area contributed by atoms with Crippen molar-refractivity contribution in [1.29, 1.82) is 0 Å². The number of ether oxygens (including phenoxy) is 2. The Bertz CT molecular complexity index is 1280. The van der Waals surface area contributed by atoms with Crippen LogP contribution in [0.5, 0.6) is 5.75 Å². The van der Waals surface area contributed by atoms with Gasteiger partial charge in [-0.15, -0.1) is 0 Å². The fraction of sp³-hybridized carbons (Fsp3) is 0.600. The maximum Gasteiger partial charge on any atom is 0.411 e. The Morgan fingerprint density at radius 3 is 2.48 bits per heavy atom. The number of carbonyl (C=O) groups is 2. The SMILES string of the molecule is CC(C)(C)OC(=O)N1[C@@H](c2ccc(F)cc2)C[C@@]2(C)[C@H](O)[C@@H](NCc3ccc(OCCCN4CCCC4=O)cc3)CCC[C@@H]12. The number of benzene rings is 2. The number of carbonyl (C=O) groups excluding carboxylic acids is 2. The summed E-state index contributed by atoms with van der Waals surface area (Å²) >= 11 is 0. The smallest absolute Gasteiger partial charge is 0.411 e. The van der Waals surface area contributed by atoms with E-state index < -0.39 is 23.2 Å². The molecule has 2 aliphatic heterocycles. The maximum atomic E-state index is 13.8. The van der Waals surface area contributed by atoms with E-state index in [1.165, 1.54) is 12.1 Å². The minimum atomic E-state index is -0.699. The second kappa shape index (κ2) is 13.4. The van der Waals surface area contributed by atoms with Crippen LogP contribution in [-0.4, -0.2) is 70.4 Å². The van der Waals surface area contributed by atoms with Crippen LogP contribution >= 0.6 is 0 Å². The average Bonchev–Trinajstić information content (AvgIpc) is 3.49. The Labute approximate surface area is 260 Å². The van der Waals surface area contributed by atoms with Gasteiger partial charge in [0.2, 0.25) is 5.91 Å². The van der Waals surface area contributed by atoms with Crippen LogP contribution in [0.15, 0.2) is 48.5 Å². The maximum absolute atomic E-state index is 13.8. The third-order valence-electron chi connectivity index (χ3n) is 9.48. The lowest BCUT2D eigenvalue weighted by Crippen LogP contribution is -2.52. The Morgan fingerprint density at radius 1 is 1.09 bits per heavy atom. The van der Waals surface area contributed by atoms with Crippen molar-refractivity contribution in [2.45, 2.75) is 109 Å². The lowest BCUT2D eigenvalue weighted by Gasteiger charge is -2.39. The molecule has 5 atom stereocenters. The van der Waals surface area contributed by atoms with Gasteiger partial charge in [-0.3, -0.25) is 9.69 Å². The highest BCUT2D eigenvalue weighted by Gasteiger charge is 2.57. The number of likely N-dealkylation sites (tertiary alicyclic amines) is 2. The fourth-order valence-corrected chi connectivity index (χ4v) is 7.21. The van der Waals surface area contributed by atoms with Gasteiger partial charge >= 0.3 is 6.09 Å². The van der Waals surface area contributed by atoms with Crippen molar-refractivity contribution in [3.8, 4) is 5.75 Å². The third kappa shape index (κ3) is 7.37. The summed E-state index contributed by atoms with van der Waals surface area (Å²) in [6.07, 6.45) is 4.27. The highest BCUT2D eigenvalue weighted by molar-refractivity contribution is 5.78. The molecule has 0 aromatic heterocycles. The number of rotatable bonds is 9. The molecule has 44 heavy (non-hydrogen) atoms. The largest absolute Gasteiger partial charge is 0.494 e. The van der Waals surface area contributed by atoms with Gasteiger partial charge in [-0.05, 0) is 94.7 Å². The minimum absolute atomic E-state index is 0.151. The van der Waals surface area contributed by atoms with E-state index in [-0.39, 0.29) is 29.8 Å². The molecule has 1 aliphatic carbocycles. The molecule has 9 heteroatoms. The van der Waals surface area contributed by atoms with Crippen molar-refractivity contribution >= 4 is 12.0 Å². The van der Waals surface area contributed by atoms with Gasteiger partial charge in [-0.2, -0.15) is 0 Å². The van der Waals surface area contributed by atoms with Crippen LogP contribution in [0.4, 0.5) is 9.18 Å². The van der Waals surface area contributed by atoms with Crippen LogP contribution < -0.4 is 10.1 Å². The van der Waals surface area contributed by atoms with Gasteiger partial charge in [0.05, 0.1) is 18.8 Å². The lowest BCUT2D eigenvalue weighted by atomic mass is 9.74. The second-order valence-electron chi connectivity index (χ2n) is 13.9. The number of amides is 2.